The van der Waals surface area contributed by atoms with Gasteiger partial charge in [0.25, 0.3) is 0 Å². The fraction of sp³-hybridized carbons (Fsp3) is 0.243. The van der Waals surface area contributed by atoms with Gasteiger partial charge in [0.05, 0.1) is 0 Å². The largest absolute Gasteiger partial charge is 0.456 e. The van der Waals surface area contributed by atoms with E-state index in [2.05, 4.69) is 0 Å². The number of halogens is 6. The Hall–Kier alpha value is -4.46. The molecule has 45 heavy (non-hydrogen) atoms. The van der Waals surface area contributed by atoms with E-state index in [1.54, 1.807) is 86.7 Å². The third-order valence-corrected chi connectivity index (χ3v) is 7.57. The van der Waals surface area contributed by atoms with Crippen molar-refractivity contribution in [3.8, 4) is 23.0 Å². The second-order valence-electron chi connectivity index (χ2n) is 10.4. The zero-order chi connectivity index (χ0) is 32.8. The highest BCUT2D eigenvalue weighted by Gasteiger charge is 2.72. The Balaban J connectivity index is 1.88. The van der Waals surface area contributed by atoms with Crippen molar-refractivity contribution in [2.75, 3.05) is 0 Å². The van der Waals surface area contributed by atoms with Gasteiger partial charge in [0.1, 0.15) is 23.0 Å². The van der Waals surface area contributed by atoms with Crippen LogP contribution in [0.4, 0.5) is 26.3 Å². The van der Waals surface area contributed by atoms with Gasteiger partial charge in [0.15, 0.2) is 0 Å². The molecule has 2 nitrogen and oxygen atoms in total. The van der Waals surface area contributed by atoms with Crippen LogP contribution in [0.1, 0.15) is 61.1 Å². The van der Waals surface area contributed by atoms with Crippen LogP contribution in [0.15, 0.2) is 97.1 Å². The van der Waals surface area contributed by atoms with Crippen molar-refractivity contribution in [2.45, 2.75) is 58.3 Å². The van der Waals surface area contributed by atoms with Gasteiger partial charge >= 0.3 is 12.4 Å². The van der Waals surface area contributed by atoms with Gasteiger partial charge in [-0.1, -0.05) is 98.8 Å². The molecule has 0 unspecified atom stereocenters. The van der Waals surface area contributed by atoms with Gasteiger partial charge in [-0.3, -0.25) is 0 Å². The Kier molecular flexibility index (Phi) is 10.2. The highest BCUT2D eigenvalue weighted by atomic mass is 19.4. The summed E-state index contributed by atoms with van der Waals surface area (Å²) in [6.45, 7) is 6.95. The Labute approximate surface area is 259 Å². The minimum absolute atomic E-state index is 0.138. The zero-order valence-electron chi connectivity index (χ0n) is 25.4. The lowest BCUT2D eigenvalue weighted by Crippen LogP contribution is -2.54. The average Bonchev–Trinajstić information content (AvgIpc) is 2.99. The quantitative estimate of drug-likeness (QED) is 0.164. The van der Waals surface area contributed by atoms with Crippen LogP contribution in [-0.2, 0) is 18.3 Å². The lowest BCUT2D eigenvalue weighted by Gasteiger charge is -2.39. The molecule has 0 N–H and O–H groups in total. The Morgan fingerprint density at radius 1 is 0.533 bits per heavy atom. The molecule has 0 saturated carbocycles. The molecule has 8 heteroatoms. The number of benzene rings is 4. The molecule has 0 amide bonds. The van der Waals surface area contributed by atoms with E-state index in [4.69, 9.17) is 9.47 Å². The van der Waals surface area contributed by atoms with E-state index < -0.39 is 28.9 Å². The van der Waals surface area contributed by atoms with Crippen LogP contribution in [0, 0.1) is 0 Å². The standard InChI is InChI=1S/C37H34F6O2/c1-5-13-27-15-9-11-17-31(27)44-33-21-19-29(23-25(33)7-3)35(36(38,39)40,37(41,42)43)30-20-22-34(26(8-4)24-30)45-32-18-12-10-16-28(32)14-6-2/h5-6,9-24H,7-8H2,1-4H3. The molecule has 0 spiro atoms. The summed E-state index contributed by atoms with van der Waals surface area (Å²) in [7, 11) is 0. The second-order valence-corrected chi connectivity index (χ2v) is 10.4. The van der Waals surface area contributed by atoms with E-state index in [1.165, 1.54) is 12.1 Å². The molecule has 0 aromatic heterocycles. The Morgan fingerprint density at radius 2 is 0.911 bits per heavy atom. The summed E-state index contributed by atoms with van der Waals surface area (Å²) in [4.78, 5) is 0. The number of aryl methyl sites for hydroxylation is 2. The summed E-state index contributed by atoms with van der Waals surface area (Å²) >= 11 is 0. The van der Waals surface area contributed by atoms with E-state index in [-0.39, 0.29) is 35.5 Å². The number of para-hydroxylation sites is 2. The van der Waals surface area contributed by atoms with Gasteiger partial charge in [-0.2, -0.15) is 26.3 Å². The molecule has 0 heterocycles. The number of ether oxygens (including phenoxy) is 2. The monoisotopic (exact) mass is 624 g/mol. The molecule has 4 aromatic rings. The molecule has 236 valence electrons. The van der Waals surface area contributed by atoms with Gasteiger partial charge < -0.3 is 9.47 Å². The molecule has 0 aliphatic carbocycles. The molecule has 0 radical (unpaired) electrons. The third kappa shape index (κ3) is 6.65. The molecule has 0 saturated heterocycles. The van der Waals surface area contributed by atoms with Crippen LogP contribution in [0.2, 0.25) is 0 Å². The number of alkyl halides is 6. The lowest BCUT2D eigenvalue weighted by atomic mass is 9.72. The summed E-state index contributed by atoms with van der Waals surface area (Å²) in [6, 6.07) is 20.0. The van der Waals surface area contributed by atoms with E-state index >= 15 is 26.3 Å². The molecule has 4 rings (SSSR count). The van der Waals surface area contributed by atoms with Crippen molar-refractivity contribution in [1.82, 2.24) is 0 Å². The highest BCUT2D eigenvalue weighted by Crippen LogP contribution is 2.57. The summed E-state index contributed by atoms with van der Waals surface area (Å²) in [5.74, 6) is 1.20. The summed E-state index contributed by atoms with van der Waals surface area (Å²) < 4.78 is 103. The summed E-state index contributed by atoms with van der Waals surface area (Å²) in [5, 5.41) is 0. The van der Waals surface area contributed by atoms with Crippen LogP contribution < -0.4 is 9.47 Å². The Bertz CT molecular complexity index is 1560. The molecule has 0 aliphatic heterocycles. The van der Waals surface area contributed by atoms with Crippen molar-refractivity contribution >= 4 is 12.2 Å². The zero-order valence-corrected chi connectivity index (χ0v) is 25.4. The van der Waals surface area contributed by atoms with Crippen LogP contribution in [-0.4, -0.2) is 12.4 Å². The third-order valence-electron chi connectivity index (χ3n) is 7.57. The molecule has 4 aromatic carbocycles. The van der Waals surface area contributed by atoms with E-state index in [0.29, 0.717) is 22.6 Å². The SMILES string of the molecule is CC=Cc1ccccc1Oc1ccc(C(c2ccc(Oc3ccccc3C=CC)c(CC)c2)(C(F)(F)F)C(F)(F)F)cc1CC. The van der Waals surface area contributed by atoms with Crippen molar-refractivity contribution in [2.24, 2.45) is 0 Å². The maximum absolute atomic E-state index is 15.1. The van der Waals surface area contributed by atoms with E-state index in [1.807, 2.05) is 13.8 Å². The van der Waals surface area contributed by atoms with Crippen LogP contribution in [0.5, 0.6) is 23.0 Å². The first-order valence-electron chi connectivity index (χ1n) is 14.6. The number of allylic oxidation sites excluding steroid dienone is 2. The summed E-state index contributed by atoms with van der Waals surface area (Å²) in [6.07, 6.45) is -3.99. The highest BCUT2D eigenvalue weighted by molar-refractivity contribution is 5.60. The first kappa shape index (κ1) is 33.4. The molecular weight excluding hydrogens is 590 g/mol. The van der Waals surface area contributed by atoms with Crippen molar-refractivity contribution in [1.29, 1.82) is 0 Å². The molecule has 0 aliphatic rings. The maximum atomic E-state index is 15.1. The minimum atomic E-state index is -5.73. The summed E-state index contributed by atoms with van der Waals surface area (Å²) in [5.41, 5.74) is -4.35. The first-order valence-corrected chi connectivity index (χ1v) is 14.6. The number of rotatable bonds is 10. The normalized spacial score (nSPS) is 12.7. The molecule has 0 atom stereocenters. The Morgan fingerprint density at radius 3 is 1.24 bits per heavy atom. The smallest absolute Gasteiger partial charge is 0.411 e. The van der Waals surface area contributed by atoms with Crippen LogP contribution in [0.3, 0.4) is 0 Å². The van der Waals surface area contributed by atoms with Gasteiger partial charge in [0.2, 0.25) is 5.41 Å². The first-order chi connectivity index (χ1) is 21.4. The maximum Gasteiger partial charge on any atom is 0.411 e. The fourth-order valence-corrected chi connectivity index (χ4v) is 5.38. The van der Waals surface area contributed by atoms with E-state index in [9.17, 15) is 0 Å². The van der Waals surface area contributed by atoms with Crippen molar-refractivity contribution in [3.05, 3.63) is 130 Å². The topological polar surface area (TPSA) is 18.5 Å². The van der Waals surface area contributed by atoms with Gasteiger partial charge in [-0.05, 0) is 73.2 Å². The van der Waals surface area contributed by atoms with Crippen molar-refractivity contribution in [3.63, 3.8) is 0 Å². The van der Waals surface area contributed by atoms with Gasteiger partial charge in [-0.15, -0.1) is 0 Å². The van der Waals surface area contributed by atoms with Crippen LogP contribution in [0.25, 0.3) is 12.2 Å². The second kappa shape index (κ2) is 13.7. The van der Waals surface area contributed by atoms with E-state index in [0.717, 1.165) is 24.3 Å². The minimum Gasteiger partial charge on any atom is -0.456 e. The molecular formula is C37H34F6O2. The van der Waals surface area contributed by atoms with Gasteiger partial charge in [-0.25, -0.2) is 0 Å². The fourth-order valence-electron chi connectivity index (χ4n) is 5.38. The van der Waals surface area contributed by atoms with Crippen molar-refractivity contribution < 1.29 is 35.8 Å². The number of hydrogen-bond donors (Lipinski definition) is 0. The van der Waals surface area contributed by atoms with Gasteiger partial charge in [0, 0.05) is 11.1 Å². The predicted molar refractivity (Wildman–Crippen MR) is 167 cm³/mol. The lowest BCUT2D eigenvalue weighted by molar-refractivity contribution is -0.288. The molecule has 0 fully saturated rings. The van der Waals surface area contributed by atoms with Crippen LogP contribution >= 0.6 is 0 Å². The number of hydrogen-bond acceptors (Lipinski definition) is 2. The average molecular weight is 625 g/mol. The molecule has 0 bridgehead atoms. The predicted octanol–water partition coefficient (Wildman–Crippen LogP) is 11.9.